The molecular formula is C27H18F3N3O. The van der Waals surface area contributed by atoms with Gasteiger partial charge in [0.25, 0.3) is 5.91 Å². The molecule has 0 atom stereocenters. The molecular weight excluding hydrogens is 439 g/mol. The number of hydrogen-bond acceptors (Lipinski definition) is 2. The van der Waals surface area contributed by atoms with Crippen LogP contribution in [-0.4, -0.2) is 15.3 Å². The molecule has 0 saturated heterocycles. The van der Waals surface area contributed by atoms with Gasteiger partial charge >= 0.3 is 0 Å². The Balaban J connectivity index is 1.55. The maximum Gasteiger partial charge on any atom is 0.255 e. The van der Waals surface area contributed by atoms with Crippen molar-refractivity contribution in [2.24, 2.45) is 0 Å². The van der Waals surface area contributed by atoms with E-state index in [0.717, 1.165) is 22.8 Å². The molecule has 5 rings (SSSR count). The first kappa shape index (κ1) is 21.5. The molecule has 5 aromatic rings. The van der Waals surface area contributed by atoms with Gasteiger partial charge in [-0.05, 0) is 72.6 Å². The summed E-state index contributed by atoms with van der Waals surface area (Å²) >= 11 is 0. The number of aromatic nitrogens is 2. The molecule has 34 heavy (non-hydrogen) atoms. The first-order chi connectivity index (χ1) is 16.4. The molecule has 0 unspecified atom stereocenters. The summed E-state index contributed by atoms with van der Waals surface area (Å²) < 4.78 is 43.1. The Kier molecular flexibility index (Phi) is 5.37. The molecule has 2 aromatic heterocycles. The van der Waals surface area contributed by atoms with Gasteiger partial charge in [0.15, 0.2) is 11.6 Å². The molecule has 0 radical (unpaired) electrons. The third kappa shape index (κ3) is 3.81. The lowest BCUT2D eigenvalue weighted by molar-refractivity contribution is 0.102. The first-order valence-electron chi connectivity index (χ1n) is 10.5. The molecule has 1 amide bonds. The predicted molar refractivity (Wildman–Crippen MR) is 125 cm³/mol. The molecule has 168 valence electrons. The third-order valence-corrected chi connectivity index (χ3v) is 5.66. The fourth-order valence-electron chi connectivity index (χ4n) is 3.90. The van der Waals surface area contributed by atoms with Gasteiger partial charge in [0.1, 0.15) is 11.5 Å². The molecule has 3 aromatic carbocycles. The van der Waals surface area contributed by atoms with Gasteiger partial charge in [-0.15, -0.1) is 0 Å². The topological polar surface area (TPSA) is 46.4 Å². The SMILES string of the molecule is Cc1ccc(-c2cccn3c(-c4cccc(F)c4F)cnc23)cc1C(=O)Nc1ccc(F)cc1. The standard InChI is InChI=1S/C27H18F3N3O/c1-16-7-8-17(14-22(16)27(34)32-19-11-9-18(28)10-12-19)20-5-3-13-33-24(15-31-26(20)33)21-4-2-6-23(29)25(21)30/h2-15H,1H3,(H,32,34). The summed E-state index contributed by atoms with van der Waals surface area (Å²) in [5.41, 5.74) is 4.21. The van der Waals surface area contributed by atoms with E-state index in [9.17, 15) is 18.0 Å². The van der Waals surface area contributed by atoms with Crippen molar-refractivity contribution in [2.75, 3.05) is 5.32 Å². The highest BCUT2D eigenvalue weighted by molar-refractivity contribution is 6.06. The molecule has 0 fully saturated rings. The van der Waals surface area contributed by atoms with Crippen molar-refractivity contribution in [3.05, 3.63) is 114 Å². The van der Waals surface area contributed by atoms with E-state index in [-0.39, 0.29) is 17.3 Å². The Hall–Kier alpha value is -4.39. The molecule has 0 bridgehead atoms. The zero-order valence-electron chi connectivity index (χ0n) is 18.0. The van der Waals surface area contributed by atoms with Gasteiger partial charge in [0.2, 0.25) is 0 Å². The summed E-state index contributed by atoms with van der Waals surface area (Å²) in [5, 5.41) is 2.78. The van der Waals surface area contributed by atoms with E-state index in [4.69, 9.17) is 0 Å². The van der Waals surface area contributed by atoms with Crippen LogP contribution in [0.1, 0.15) is 15.9 Å². The Labute approximate surface area is 193 Å². The lowest BCUT2D eigenvalue weighted by Gasteiger charge is -2.11. The van der Waals surface area contributed by atoms with Crippen LogP contribution in [0.3, 0.4) is 0 Å². The molecule has 0 aliphatic carbocycles. The number of carbonyl (C=O) groups excluding carboxylic acids is 1. The molecule has 2 heterocycles. The van der Waals surface area contributed by atoms with Gasteiger partial charge in [0, 0.05) is 28.6 Å². The average Bonchev–Trinajstić information content (AvgIpc) is 3.27. The van der Waals surface area contributed by atoms with E-state index in [2.05, 4.69) is 10.3 Å². The number of anilines is 1. The smallest absolute Gasteiger partial charge is 0.255 e. The van der Waals surface area contributed by atoms with Crippen LogP contribution in [0.5, 0.6) is 0 Å². The number of nitrogens with zero attached hydrogens (tertiary/aromatic N) is 2. The van der Waals surface area contributed by atoms with Crippen LogP contribution in [0, 0.1) is 24.4 Å². The van der Waals surface area contributed by atoms with E-state index < -0.39 is 11.6 Å². The fourth-order valence-corrected chi connectivity index (χ4v) is 3.90. The summed E-state index contributed by atoms with van der Waals surface area (Å²) in [5.74, 6) is -2.59. The number of fused-ring (bicyclic) bond motifs is 1. The maximum absolute atomic E-state index is 14.4. The van der Waals surface area contributed by atoms with E-state index >= 15 is 0 Å². The number of imidazole rings is 1. The van der Waals surface area contributed by atoms with E-state index in [1.54, 1.807) is 22.7 Å². The van der Waals surface area contributed by atoms with E-state index in [1.165, 1.54) is 42.6 Å². The Morgan fingerprint density at radius 1 is 0.912 bits per heavy atom. The highest BCUT2D eigenvalue weighted by atomic mass is 19.2. The minimum atomic E-state index is -0.940. The Bertz CT molecular complexity index is 1540. The monoisotopic (exact) mass is 457 g/mol. The number of hydrogen-bond donors (Lipinski definition) is 1. The molecule has 0 spiro atoms. The first-order valence-corrected chi connectivity index (χ1v) is 10.5. The van der Waals surface area contributed by atoms with Crippen molar-refractivity contribution in [1.82, 2.24) is 9.38 Å². The van der Waals surface area contributed by atoms with Crippen molar-refractivity contribution < 1.29 is 18.0 Å². The van der Waals surface area contributed by atoms with Crippen molar-refractivity contribution in [2.45, 2.75) is 6.92 Å². The van der Waals surface area contributed by atoms with Gasteiger partial charge in [-0.3, -0.25) is 9.20 Å². The van der Waals surface area contributed by atoms with Gasteiger partial charge in [-0.1, -0.05) is 18.2 Å². The van der Waals surface area contributed by atoms with Crippen LogP contribution >= 0.6 is 0 Å². The second kappa shape index (κ2) is 8.51. The lowest BCUT2D eigenvalue weighted by Crippen LogP contribution is -2.13. The van der Waals surface area contributed by atoms with E-state index in [0.29, 0.717) is 22.6 Å². The summed E-state index contributed by atoms with van der Waals surface area (Å²) in [4.78, 5) is 17.4. The van der Waals surface area contributed by atoms with Crippen LogP contribution in [0.2, 0.25) is 0 Å². The molecule has 4 nitrogen and oxygen atoms in total. The fraction of sp³-hybridized carbons (Fsp3) is 0.0370. The van der Waals surface area contributed by atoms with E-state index in [1.807, 2.05) is 25.1 Å². The van der Waals surface area contributed by atoms with Crippen molar-refractivity contribution in [3.8, 4) is 22.4 Å². The lowest BCUT2D eigenvalue weighted by atomic mass is 9.99. The number of pyridine rings is 1. The zero-order chi connectivity index (χ0) is 23.8. The number of aryl methyl sites for hydroxylation is 1. The average molecular weight is 457 g/mol. The van der Waals surface area contributed by atoms with Crippen LogP contribution in [0.4, 0.5) is 18.9 Å². The van der Waals surface area contributed by atoms with Gasteiger partial charge in [0.05, 0.1) is 11.9 Å². The number of amides is 1. The molecule has 1 N–H and O–H groups in total. The number of nitrogens with one attached hydrogen (secondary N) is 1. The molecule has 0 saturated carbocycles. The van der Waals surface area contributed by atoms with Crippen LogP contribution < -0.4 is 5.32 Å². The normalized spacial score (nSPS) is 11.1. The molecule has 0 aliphatic rings. The van der Waals surface area contributed by atoms with Crippen molar-refractivity contribution in [1.29, 1.82) is 0 Å². The van der Waals surface area contributed by atoms with Gasteiger partial charge in [-0.25, -0.2) is 18.2 Å². The summed E-state index contributed by atoms with van der Waals surface area (Å²) in [6.45, 7) is 1.82. The number of rotatable bonds is 4. The predicted octanol–water partition coefficient (Wildman–Crippen LogP) is 6.65. The minimum absolute atomic E-state index is 0.105. The number of carbonyl (C=O) groups is 1. The maximum atomic E-state index is 14.4. The summed E-state index contributed by atoms with van der Waals surface area (Å²) in [6, 6.07) is 18.6. The van der Waals surface area contributed by atoms with Gasteiger partial charge in [-0.2, -0.15) is 0 Å². The molecule has 0 aliphatic heterocycles. The Morgan fingerprint density at radius 2 is 1.68 bits per heavy atom. The van der Waals surface area contributed by atoms with Crippen LogP contribution in [0.25, 0.3) is 28.0 Å². The molecule has 7 heteroatoms. The van der Waals surface area contributed by atoms with Crippen LogP contribution in [0.15, 0.2) is 85.2 Å². The Morgan fingerprint density at radius 3 is 2.47 bits per heavy atom. The number of halogens is 3. The highest BCUT2D eigenvalue weighted by Crippen LogP contribution is 2.31. The summed E-state index contributed by atoms with van der Waals surface area (Å²) in [7, 11) is 0. The third-order valence-electron chi connectivity index (χ3n) is 5.66. The highest BCUT2D eigenvalue weighted by Gasteiger charge is 2.17. The number of benzene rings is 3. The second-order valence-corrected chi connectivity index (χ2v) is 7.85. The quantitative estimate of drug-likeness (QED) is 0.329. The largest absolute Gasteiger partial charge is 0.322 e. The van der Waals surface area contributed by atoms with Crippen molar-refractivity contribution >= 4 is 17.2 Å². The van der Waals surface area contributed by atoms with Crippen LogP contribution in [-0.2, 0) is 0 Å². The zero-order valence-corrected chi connectivity index (χ0v) is 18.0. The van der Waals surface area contributed by atoms with Gasteiger partial charge < -0.3 is 5.32 Å². The van der Waals surface area contributed by atoms with Crippen molar-refractivity contribution in [3.63, 3.8) is 0 Å². The second-order valence-electron chi connectivity index (χ2n) is 7.85. The summed E-state index contributed by atoms with van der Waals surface area (Å²) in [6.07, 6.45) is 3.22. The minimum Gasteiger partial charge on any atom is -0.322 e.